The van der Waals surface area contributed by atoms with Crippen molar-refractivity contribution in [2.24, 2.45) is 0 Å². The molecule has 0 bridgehead atoms. The van der Waals surface area contributed by atoms with Crippen LogP contribution in [0.3, 0.4) is 0 Å². The van der Waals surface area contributed by atoms with Crippen molar-refractivity contribution >= 4 is 11.9 Å². The number of para-hydroxylation sites is 1. The Bertz CT molecular complexity index is 584. The standard InChI is InChI=1S/C14H12F2N2OS/c15-14-17(10-18(16)20-14)19-13-9-5-4-8-12(13)11-6-2-1-3-7-11/h1-9,14H,10H2. The number of hydrogen-bond acceptors (Lipinski definition) is 4. The molecule has 0 spiro atoms. The first-order valence-electron chi connectivity index (χ1n) is 6.07. The number of nitrogens with zero attached hydrogens (tertiary/aromatic N) is 2. The molecular weight excluding hydrogens is 282 g/mol. The van der Waals surface area contributed by atoms with E-state index in [1.165, 1.54) is 0 Å². The van der Waals surface area contributed by atoms with Crippen molar-refractivity contribution < 1.29 is 13.7 Å². The van der Waals surface area contributed by atoms with Crippen LogP contribution in [0.4, 0.5) is 8.87 Å². The Hall–Kier alpha value is -1.63. The molecule has 3 nitrogen and oxygen atoms in total. The van der Waals surface area contributed by atoms with Crippen LogP contribution in [0.1, 0.15) is 0 Å². The van der Waals surface area contributed by atoms with Crippen molar-refractivity contribution in [2.75, 3.05) is 6.67 Å². The summed E-state index contributed by atoms with van der Waals surface area (Å²) in [6, 6.07) is 16.9. The highest BCUT2D eigenvalue weighted by Crippen LogP contribution is 2.35. The second-order valence-corrected chi connectivity index (χ2v) is 5.22. The molecular formula is C14H12F2N2OS. The first-order valence-corrected chi connectivity index (χ1v) is 6.91. The largest absolute Gasteiger partial charge is 0.400 e. The normalized spacial score (nSPS) is 20.2. The summed E-state index contributed by atoms with van der Waals surface area (Å²) in [6.07, 6.45) is 0. The minimum atomic E-state index is -1.55. The van der Waals surface area contributed by atoms with Gasteiger partial charge in [-0.15, -0.1) is 4.48 Å². The second-order valence-electron chi connectivity index (χ2n) is 4.23. The summed E-state index contributed by atoms with van der Waals surface area (Å²) in [7, 11) is 0. The molecule has 3 rings (SSSR count). The summed E-state index contributed by atoms with van der Waals surface area (Å²) in [5.41, 5.74) is 0.244. The molecule has 0 N–H and O–H groups in total. The van der Waals surface area contributed by atoms with Gasteiger partial charge in [0.25, 0.3) is 0 Å². The predicted octanol–water partition coefficient (Wildman–Crippen LogP) is 4.01. The third-order valence-electron chi connectivity index (χ3n) is 2.87. The maximum atomic E-state index is 13.5. The summed E-state index contributed by atoms with van der Waals surface area (Å²) in [6.45, 7) is -0.241. The number of alkyl halides is 1. The molecule has 0 aromatic heterocycles. The lowest BCUT2D eigenvalue weighted by Crippen LogP contribution is -2.30. The van der Waals surface area contributed by atoms with Gasteiger partial charge in [0.1, 0.15) is 6.67 Å². The van der Waals surface area contributed by atoms with Gasteiger partial charge in [-0.05, 0) is 11.6 Å². The van der Waals surface area contributed by atoms with E-state index < -0.39 is 5.63 Å². The van der Waals surface area contributed by atoms with Gasteiger partial charge in [-0.3, -0.25) is 0 Å². The topological polar surface area (TPSA) is 15.7 Å². The first-order chi connectivity index (χ1) is 9.74. The minimum Gasteiger partial charge on any atom is -0.400 e. The minimum absolute atomic E-state index is 0.241. The molecule has 2 aromatic carbocycles. The molecule has 6 heteroatoms. The fourth-order valence-electron chi connectivity index (χ4n) is 1.95. The molecule has 20 heavy (non-hydrogen) atoms. The molecule has 0 aliphatic carbocycles. The molecule has 0 saturated carbocycles. The summed E-state index contributed by atoms with van der Waals surface area (Å²) in [4.78, 5) is 5.50. The zero-order chi connectivity index (χ0) is 13.9. The summed E-state index contributed by atoms with van der Waals surface area (Å²) >= 11 is 0.450. The molecule has 1 unspecified atom stereocenters. The van der Waals surface area contributed by atoms with Gasteiger partial charge in [0, 0.05) is 17.5 Å². The molecule has 104 valence electrons. The molecule has 1 fully saturated rings. The molecule has 1 aliphatic rings. The predicted molar refractivity (Wildman–Crippen MR) is 74.6 cm³/mol. The molecule has 1 heterocycles. The highest BCUT2D eigenvalue weighted by atomic mass is 32.2. The van der Waals surface area contributed by atoms with E-state index in [4.69, 9.17) is 4.84 Å². The molecule has 1 saturated heterocycles. The van der Waals surface area contributed by atoms with E-state index in [1.54, 1.807) is 12.1 Å². The molecule has 0 radical (unpaired) electrons. The van der Waals surface area contributed by atoms with Gasteiger partial charge in [-0.2, -0.15) is 0 Å². The van der Waals surface area contributed by atoms with Crippen LogP contribution in [0, 0.1) is 0 Å². The Labute approximate surface area is 119 Å². The van der Waals surface area contributed by atoms with E-state index in [9.17, 15) is 8.87 Å². The van der Waals surface area contributed by atoms with Gasteiger partial charge in [0.2, 0.25) is 5.63 Å². The van der Waals surface area contributed by atoms with E-state index in [1.807, 2.05) is 42.5 Å². The molecule has 1 atom stereocenters. The number of halogens is 2. The zero-order valence-corrected chi connectivity index (χ0v) is 11.3. The maximum absolute atomic E-state index is 13.5. The summed E-state index contributed by atoms with van der Waals surface area (Å²) < 4.78 is 26.8. The lowest BCUT2D eigenvalue weighted by Gasteiger charge is -2.18. The lowest BCUT2D eigenvalue weighted by molar-refractivity contribution is -0.123. The Kier molecular flexibility index (Phi) is 3.86. The van der Waals surface area contributed by atoms with Crippen molar-refractivity contribution in [3.05, 3.63) is 54.6 Å². The highest BCUT2D eigenvalue weighted by molar-refractivity contribution is 7.97. The zero-order valence-electron chi connectivity index (χ0n) is 10.4. The van der Waals surface area contributed by atoms with Gasteiger partial charge >= 0.3 is 0 Å². The first kappa shape index (κ1) is 13.4. The summed E-state index contributed by atoms with van der Waals surface area (Å²) in [5.74, 6) is 0.497. The van der Waals surface area contributed by atoms with E-state index in [2.05, 4.69) is 0 Å². The van der Waals surface area contributed by atoms with E-state index in [0.29, 0.717) is 22.2 Å². The van der Waals surface area contributed by atoms with Crippen molar-refractivity contribution in [3.63, 3.8) is 0 Å². The van der Waals surface area contributed by atoms with Crippen LogP contribution < -0.4 is 4.84 Å². The van der Waals surface area contributed by atoms with Crippen LogP contribution in [-0.2, 0) is 0 Å². The quantitative estimate of drug-likeness (QED) is 0.482. The van der Waals surface area contributed by atoms with Gasteiger partial charge in [-0.1, -0.05) is 58.1 Å². The molecule has 2 aromatic rings. The third kappa shape index (κ3) is 2.77. The monoisotopic (exact) mass is 294 g/mol. The van der Waals surface area contributed by atoms with Crippen molar-refractivity contribution in [1.29, 1.82) is 0 Å². The van der Waals surface area contributed by atoms with Gasteiger partial charge in [0.05, 0.1) is 0 Å². The van der Waals surface area contributed by atoms with Crippen LogP contribution in [0.25, 0.3) is 11.1 Å². The van der Waals surface area contributed by atoms with Crippen molar-refractivity contribution in [1.82, 2.24) is 9.59 Å². The number of rotatable bonds is 3. The fourth-order valence-corrected chi connectivity index (χ4v) is 2.54. The SMILES string of the molecule is FC1SN(F)CN1Oc1ccccc1-c1ccccc1. The van der Waals surface area contributed by atoms with Crippen LogP contribution in [-0.4, -0.2) is 21.9 Å². The van der Waals surface area contributed by atoms with Gasteiger partial charge in [-0.25, -0.2) is 4.39 Å². The van der Waals surface area contributed by atoms with Crippen molar-refractivity contribution in [3.8, 4) is 16.9 Å². The van der Waals surface area contributed by atoms with Crippen molar-refractivity contribution in [2.45, 2.75) is 5.63 Å². The average molecular weight is 294 g/mol. The number of hydroxylamine groups is 2. The smallest absolute Gasteiger partial charge is 0.248 e. The maximum Gasteiger partial charge on any atom is 0.248 e. The van der Waals surface area contributed by atoms with E-state index in [0.717, 1.165) is 16.2 Å². The molecule has 0 amide bonds. The van der Waals surface area contributed by atoms with Crippen LogP contribution in [0.5, 0.6) is 5.75 Å². The Morgan fingerprint density at radius 1 is 1.05 bits per heavy atom. The van der Waals surface area contributed by atoms with E-state index >= 15 is 0 Å². The summed E-state index contributed by atoms with van der Waals surface area (Å²) in [5, 5.41) is 0.965. The molecule has 1 aliphatic heterocycles. The second kappa shape index (κ2) is 5.78. The van der Waals surface area contributed by atoms with E-state index in [-0.39, 0.29) is 6.67 Å². The highest BCUT2D eigenvalue weighted by Gasteiger charge is 2.34. The van der Waals surface area contributed by atoms with Gasteiger partial charge in [0.15, 0.2) is 5.75 Å². The Morgan fingerprint density at radius 3 is 2.45 bits per heavy atom. The third-order valence-corrected chi connectivity index (χ3v) is 3.62. The number of benzene rings is 2. The Morgan fingerprint density at radius 2 is 1.75 bits per heavy atom. The Balaban J connectivity index is 1.87. The average Bonchev–Trinajstić information content (AvgIpc) is 2.78. The van der Waals surface area contributed by atoms with Crippen LogP contribution in [0.2, 0.25) is 0 Å². The number of hydrogen-bond donors (Lipinski definition) is 0. The van der Waals surface area contributed by atoms with Crippen LogP contribution >= 0.6 is 11.9 Å². The lowest BCUT2D eigenvalue weighted by atomic mass is 10.1. The van der Waals surface area contributed by atoms with Crippen LogP contribution in [0.15, 0.2) is 54.6 Å². The fraction of sp³-hybridized carbons (Fsp3) is 0.143. The van der Waals surface area contributed by atoms with Gasteiger partial charge < -0.3 is 4.84 Å².